The van der Waals surface area contributed by atoms with Crippen molar-refractivity contribution in [3.8, 4) is 0 Å². The Labute approximate surface area is 101 Å². The lowest BCUT2D eigenvalue weighted by Gasteiger charge is -2.07. The molecule has 1 aromatic heterocycles. The molecule has 0 spiro atoms. The number of nitrogens with two attached hydrogens (primary N) is 1. The summed E-state index contributed by atoms with van der Waals surface area (Å²) in [5, 5.41) is 0. The summed E-state index contributed by atoms with van der Waals surface area (Å²) >= 11 is 0. The summed E-state index contributed by atoms with van der Waals surface area (Å²) in [7, 11) is 1.32. The van der Waals surface area contributed by atoms with E-state index in [2.05, 4.69) is 9.72 Å². The molecule has 0 aliphatic carbocycles. The number of esters is 1. The highest BCUT2D eigenvalue weighted by atomic mass is 35.5. The Bertz CT molecular complexity index is 283. The maximum Gasteiger partial charge on any atom is 0.322 e. The van der Waals surface area contributed by atoms with Gasteiger partial charge in [0, 0.05) is 12.4 Å². The molecule has 0 amide bonds. The molecule has 1 unspecified atom stereocenters. The number of carbonyl (C=O) groups is 1. The molecule has 6 heteroatoms. The van der Waals surface area contributed by atoms with E-state index >= 15 is 0 Å². The zero-order valence-corrected chi connectivity index (χ0v) is 9.88. The average molecular weight is 253 g/mol. The van der Waals surface area contributed by atoms with Crippen LogP contribution < -0.4 is 5.73 Å². The summed E-state index contributed by atoms with van der Waals surface area (Å²) in [5.41, 5.74) is 6.49. The number of hydrogen-bond acceptors (Lipinski definition) is 4. The number of methoxy groups -OCH3 is 1. The van der Waals surface area contributed by atoms with Crippen molar-refractivity contribution < 1.29 is 9.53 Å². The lowest BCUT2D eigenvalue weighted by Crippen LogP contribution is -2.33. The lowest BCUT2D eigenvalue weighted by atomic mass is 10.1. The number of rotatable bonds is 3. The van der Waals surface area contributed by atoms with Crippen LogP contribution in [-0.2, 0) is 16.0 Å². The van der Waals surface area contributed by atoms with Crippen molar-refractivity contribution >= 4 is 30.8 Å². The van der Waals surface area contributed by atoms with Gasteiger partial charge < -0.3 is 10.5 Å². The number of carbonyl (C=O) groups excluding carboxylic acids is 1. The number of aromatic nitrogens is 1. The second kappa shape index (κ2) is 8.47. The molecule has 0 aliphatic rings. The average Bonchev–Trinajstić information content (AvgIpc) is 2.18. The molecule has 15 heavy (non-hydrogen) atoms. The Kier molecular flexibility index (Phi) is 9.36. The highest BCUT2D eigenvalue weighted by molar-refractivity contribution is 5.85. The summed E-state index contributed by atoms with van der Waals surface area (Å²) in [6, 6.07) is 3.07. The monoisotopic (exact) mass is 252 g/mol. The maximum absolute atomic E-state index is 10.9. The predicted molar refractivity (Wildman–Crippen MR) is 62.4 cm³/mol. The molecule has 1 aromatic rings. The molecule has 86 valence electrons. The van der Waals surface area contributed by atoms with Crippen LogP contribution in [0, 0.1) is 0 Å². The van der Waals surface area contributed by atoms with E-state index < -0.39 is 12.0 Å². The first-order valence-electron chi connectivity index (χ1n) is 3.96. The van der Waals surface area contributed by atoms with Crippen molar-refractivity contribution in [2.45, 2.75) is 12.5 Å². The first-order chi connectivity index (χ1) is 6.24. The fourth-order valence-electron chi connectivity index (χ4n) is 1.01. The van der Waals surface area contributed by atoms with Crippen molar-refractivity contribution in [2.75, 3.05) is 7.11 Å². The van der Waals surface area contributed by atoms with E-state index in [0.717, 1.165) is 5.56 Å². The van der Waals surface area contributed by atoms with Crippen LogP contribution in [0.1, 0.15) is 5.56 Å². The summed E-state index contributed by atoms with van der Waals surface area (Å²) in [6.07, 6.45) is 3.82. The summed E-state index contributed by atoms with van der Waals surface area (Å²) in [4.78, 5) is 14.9. The molecular weight excluding hydrogens is 239 g/mol. The SMILES string of the molecule is COC(=O)C(N)Cc1cccnc1.Cl.Cl. The van der Waals surface area contributed by atoms with Crippen molar-refractivity contribution in [1.29, 1.82) is 0 Å². The zero-order chi connectivity index (χ0) is 9.68. The Hall–Kier alpha value is -0.840. The highest BCUT2D eigenvalue weighted by Gasteiger charge is 2.13. The topological polar surface area (TPSA) is 65.2 Å². The summed E-state index contributed by atoms with van der Waals surface area (Å²) < 4.78 is 4.50. The van der Waals surface area contributed by atoms with Gasteiger partial charge in [-0.05, 0) is 18.1 Å². The molecule has 0 aromatic carbocycles. The first kappa shape index (κ1) is 16.6. The van der Waals surface area contributed by atoms with Crippen LogP contribution >= 0.6 is 24.8 Å². The minimum Gasteiger partial charge on any atom is -0.468 e. The fraction of sp³-hybridized carbons (Fsp3) is 0.333. The number of pyridine rings is 1. The van der Waals surface area contributed by atoms with Crippen LogP contribution in [0.15, 0.2) is 24.5 Å². The normalized spacial score (nSPS) is 10.5. The van der Waals surface area contributed by atoms with E-state index in [9.17, 15) is 4.79 Å². The molecule has 2 N–H and O–H groups in total. The Morgan fingerprint density at radius 3 is 2.73 bits per heavy atom. The molecule has 1 rings (SSSR count). The van der Waals surface area contributed by atoms with Crippen molar-refractivity contribution in [2.24, 2.45) is 5.73 Å². The highest BCUT2D eigenvalue weighted by Crippen LogP contribution is 2.00. The van der Waals surface area contributed by atoms with Crippen LogP contribution in [0.25, 0.3) is 0 Å². The quantitative estimate of drug-likeness (QED) is 0.815. The molecule has 0 fully saturated rings. The minimum atomic E-state index is -0.603. The standard InChI is InChI=1S/C9H12N2O2.2ClH/c1-13-9(12)8(10)5-7-3-2-4-11-6-7;;/h2-4,6,8H,5,10H2,1H3;2*1H. The number of nitrogens with zero attached hydrogens (tertiary/aromatic N) is 1. The van der Waals surface area contributed by atoms with Gasteiger partial charge in [-0.3, -0.25) is 9.78 Å². The van der Waals surface area contributed by atoms with E-state index in [-0.39, 0.29) is 24.8 Å². The van der Waals surface area contributed by atoms with Crippen LogP contribution in [0.4, 0.5) is 0 Å². The molecule has 0 aliphatic heterocycles. The first-order valence-corrected chi connectivity index (χ1v) is 3.96. The van der Waals surface area contributed by atoms with Gasteiger partial charge in [0.1, 0.15) is 6.04 Å². The van der Waals surface area contributed by atoms with Crippen LogP contribution in [0.2, 0.25) is 0 Å². The second-order valence-electron chi connectivity index (χ2n) is 2.70. The maximum atomic E-state index is 10.9. The molecule has 0 saturated carbocycles. The Morgan fingerprint density at radius 2 is 2.27 bits per heavy atom. The smallest absolute Gasteiger partial charge is 0.322 e. The van der Waals surface area contributed by atoms with Crippen molar-refractivity contribution in [3.63, 3.8) is 0 Å². The summed E-state index contributed by atoms with van der Waals surface area (Å²) in [5.74, 6) is -0.399. The van der Waals surface area contributed by atoms with E-state index in [1.54, 1.807) is 18.5 Å². The minimum absolute atomic E-state index is 0. The van der Waals surface area contributed by atoms with Gasteiger partial charge in [-0.15, -0.1) is 24.8 Å². The molecule has 4 nitrogen and oxygen atoms in total. The Balaban J connectivity index is 0. The molecule has 0 bridgehead atoms. The second-order valence-corrected chi connectivity index (χ2v) is 2.70. The van der Waals surface area contributed by atoms with Gasteiger partial charge in [0.15, 0.2) is 0 Å². The summed E-state index contributed by atoms with van der Waals surface area (Å²) in [6.45, 7) is 0. The molecule has 0 radical (unpaired) electrons. The third-order valence-electron chi connectivity index (χ3n) is 1.68. The molecule has 1 heterocycles. The van der Waals surface area contributed by atoms with Crippen LogP contribution in [-0.4, -0.2) is 24.1 Å². The van der Waals surface area contributed by atoms with Gasteiger partial charge in [-0.1, -0.05) is 6.07 Å². The van der Waals surface area contributed by atoms with E-state index in [0.29, 0.717) is 6.42 Å². The van der Waals surface area contributed by atoms with Gasteiger partial charge in [0.25, 0.3) is 0 Å². The van der Waals surface area contributed by atoms with E-state index in [1.807, 2.05) is 6.07 Å². The third kappa shape index (κ3) is 5.57. The number of hydrogen-bond donors (Lipinski definition) is 1. The Morgan fingerprint density at radius 1 is 1.60 bits per heavy atom. The van der Waals surface area contributed by atoms with Gasteiger partial charge in [-0.2, -0.15) is 0 Å². The largest absolute Gasteiger partial charge is 0.468 e. The molecular formula is C9H14Cl2N2O2. The number of ether oxygens (including phenoxy) is 1. The van der Waals surface area contributed by atoms with Crippen LogP contribution in [0.5, 0.6) is 0 Å². The van der Waals surface area contributed by atoms with E-state index in [1.165, 1.54) is 7.11 Å². The van der Waals surface area contributed by atoms with Gasteiger partial charge >= 0.3 is 5.97 Å². The van der Waals surface area contributed by atoms with E-state index in [4.69, 9.17) is 5.73 Å². The third-order valence-corrected chi connectivity index (χ3v) is 1.68. The lowest BCUT2D eigenvalue weighted by molar-refractivity contribution is -0.142. The molecule has 0 saturated heterocycles. The molecule has 1 atom stereocenters. The van der Waals surface area contributed by atoms with Crippen molar-refractivity contribution in [3.05, 3.63) is 30.1 Å². The number of halogens is 2. The van der Waals surface area contributed by atoms with Crippen molar-refractivity contribution in [1.82, 2.24) is 4.98 Å². The van der Waals surface area contributed by atoms with Gasteiger partial charge in [0.05, 0.1) is 7.11 Å². The zero-order valence-electron chi connectivity index (χ0n) is 8.25. The van der Waals surface area contributed by atoms with Gasteiger partial charge in [-0.25, -0.2) is 0 Å². The fourth-order valence-corrected chi connectivity index (χ4v) is 1.01. The van der Waals surface area contributed by atoms with Gasteiger partial charge in [0.2, 0.25) is 0 Å². The van der Waals surface area contributed by atoms with Crippen LogP contribution in [0.3, 0.4) is 0 Å². The predicted octanol–water partition coefficient (Wildman–Crippen LogP) is 0.968.